The van der Waals surface area contributed by atoms with E-state index in [-0.39, 0.29) is 17.2 Å². The maximum Gasteiger partial charge on any atom is 0.285 e. The van der Waals surface area contributed by atoms with Crippen molar-refractivity contribution in [3.8, 4) is 0 Å². The molecule has 0 aliphatic heterocycles. The molecule has 130 valence electrons. The molecule has 2 aromatic rings. The molecule has 1 N–H and O–H groups in total. The molecule has 2 rings (SSSR count). The van der Waals surface area contributed by atoms with E-state index in [9.17, 15) is 19.7 Å². The highest BCUT2D eigenvalue weighted by atomic mass is 16.6. The number of rotatable bonds is 8. The third kappa shape index (κ3) is 6.06. The fourth-order valence-corrected chi connectivity index (χ4v) is 2.22. The van der Waals surface area contributed by atoms with E-state index in [1.54, 1.807) is 6.08 Å². The van der Waals surface area contributed by atoms with Gasteiger partial charge in [0.25, 0.3) is 11.2 Å². The minimum absolute atomic E-state index is 0.112. The van der Waals surface area contributed by atoms with Crippen LogP contribution in [0.5, 0.6) is 0 Å². The maximum absolute atomic E-state index is 11.7. The van der Waals surface area contributed by atoms with Gasteiger partial charge in [0.2, 0.25) is 5.91 Å². The fourth-order valence-electron chi connectivity index (χ4n) is 2.22. The van der Waals surface area contributed by atoms with Crippen LogP contribution in [0.2, 0.25) is 0 Å². The Kier molecular flexibility index (Phi) is 6.65. The minimum Gasteiger partial charge on any atom is -0.353 e. The minimum atomic E-state index is -0.533. The second-order valence-corrected chi connectivity index (χ2v) is 5.42. The van der Waals surface area contributed by atoms with Gasteiger partial charge in [-0.25, -0.2) is 0 Å². The lowest BCUT2D eigenvalue weighted by molar-refractivity contribution is -0.385. The Morgan fingerprint density at radius 1 is 1.16 bits per heavy atom. The summed E-state index contributed by atoms with van der Waals surface area (Å²) in [5.74, 6) is -0.184. The van der Waals surface area contributed by atoms with E-state index in [2.05, 4.69) is 5.32 Å². The summed E-state index contributed by atoms with van der Waals surface area (Å²) >= 11 is 0. The maximum atomic E-state index is 11.7. The van der Waals surface area contributed by atoms with Crippen molar-refractivity contribution in [1.29, 1.82) is 0 Å². The average molecular weight is 341 g/mol. The normalized spacial score (nSPS) is 10.7. The number of amides is 1. The van der Waals surface area contributed by atoms with Gasteiger partial charge in [0, 0.05) is 31.3 Å². The van der Waals surface area contributed by atoms with Gasteiger partial charge in [-0.15, -0.1) is 0 Å². The van der Waals surface area contributed by atoms with Crippen LogP contribution in [0.25, 0.3) is 6.08 Å². The number of nitrogens with one attached hydrogen (secondary N) is 1. The number of carbonyl (C=O) groups is 1. The molecular formula is C18H19N3O4. The van der Waals surface area contributed by atoms with Crippen molar-refractivity contribution in [2.75, 3.05) is 6.54 Å². The molecule has 0 saturated heterocycles. The summed E-state index contributed by atoms with van der Waals surface area (Å²) in [4.78, 5) is 33.5. The number of benzene rings is 1. The van der Waals surface area contributed by atoms with Crippen molar-refractivity contribution < 1.29 is 9.72 Å². The van der Waals surface area contributed by atoms with Crippen molar-refractivity contribution in [3.63, 3.8) is 0 Å². The Balaban J connectivity index is 1.72. The third-order valence-corrected chi connectivity index (χ3v) is 3.53. The van der Waals surface area contributed by atoms with Crippen LogP contribution in [0.4, 0.5) is 5.69 Å². The number of nitrogens with zero attached hydrogens (tertiary/aromatic N) is 2. The van der Waals surface area contributed by atoms with Crippen LogP contribution in [0.1, 0.15) is 18.4 Å². The molecule has 0 bridgehead atoms. The fraction of sp³-hybridized carbons (Fsp3) is 0.222. The van der Waals surface area contributed by atoms with E-state index in [1.165, 1.54) is 29.0 Å². The highest BCUT2D eigenvalue weighted by molar-refractivity contribution is 5.91. The van der Waals surface area contributed by atoms with Crippen LogP contribution < -0.4 is 10.9 Å². The molecule has 0 aliphatic rings. The van der Waals surface area contributed by atoms with E-state index in [0.717, 1.165) is 5.56 Å². The van der Waals surface area contributed by atoms with Gasteiger partial charge in [-0.2, -0.15) is 0 Å². The standard InChI is InChI=1S/C18H19N3O4/c22-17(10-8-15-6-2-1-3-7-15)19-12-4-5-13-20-14-16(21(24)25)9-11-18(20)23/h1-3,6-11,14H,4-5,12-13H2,(H,19,22)/b10-8+. The highest BCUT2D eigenvalue weighted by Crippen LogP contribution is 2.07. The van der Waals surface area contributed by atoms with Gasteiger partial charge < -0.3 is 9.88 Å². The van der Waals surface area contributed by atoms with Gasteiger partial charge in [0.1, 0.15) is 0 Å². The zero-order valence-electron chi connectivity index (χ0n) is 13.6. The second-order valence-electron chi connectivity index (χ2n) is 5.42. The first-order valence-corrected chi connectivity index (χ1v) is 7.92. The molecule has 0 fully saturated rings. The molecule has 1 amide bonds. The number of hydrogen-bond donors (Lipinski definition) is 1. The van der Waals surface area contributed by atoms with Crippen molar-refractivity contribution in [2.45, 2.75) is 19.4 Å². The predicted molar refractivity (Wildman–Crippen MR) is 95.1 cm³/mol. The van der Waals surface area contributed by atoms with Crippen molar-refractivity contribution in [1.82, 2.24) is 9.88 Å². The quantitative estimate of drug-likeness (QED) is 0.345. The summed E-state index contributed by atoms with van der Waals surface area (Å²) in [5.41, 5.74) is 0.557. The van der Waals surface area contributed by atoms with Crippen LogP contribution in [-0.2, 0) is 11.3 Å². The highest BCUT2D eigenvalue weighted by Gasteiger charge is 2.07. The predicted octanol–water partition coefficient (Wildman–Crippen LogP) is 2.37. The average Bonchev–Trinajstić information content (AvgIpc) is 2.61. The molecule has 0 saturated carbocycles. The van der Waals surface area contributed by atoms with Gasteiger partial charge in [-0.05, 0) is 24.5 Å². The summed E-state index contributed by atoms with van der Waals surface area (Å²) < 4.78 is 1.31. The lowest BCUT2D eigenvalue weighted by atomic mass is 10.2. The summed E-state index contributed by atoms with van der Waals surface area (Å²) in [6.45, 7) is 0.845. The molecule has 7 nitrogen and oxygen atoms in total. The molecule has 0 aliphatic carbocycles. The Bertz CT molecular complexity index is 813. The molecule has 0 spiro atoms. The van der Waals surface area contributed by atoms with Gasteiger partial charge in [-0.3, -0.25) is 19.7 Å². The Labute approximate surface area is 144 Å². The molecule has 1 aromatic heterocycles. The first-order chi connectivity index (χ1) is 12.1. The molecule has 0 atom stereocenters. The Hall–Kier alpha value is -3.22. The van der Waals surface area contributed by atoms with E-state index >= 15 is 0 Å². The number of carbonyl (C=O) groups excluding carboxylic acids is 1. The summed E-state index contributed by atoms with van der Waals surface area (Å²) in [7, 11) is 0. The number of pyridine rings is 1. The van der Waals surface area contributed by atoms with Gasteiger partial charge in [-0.1, -0.05) is 30.3 Å². The third-order valence-electron chi connectivity index (χ3n) is 3.53. The van der Waals surface area contributed by atoms with Gasteiger partial charge >= 0.3 is 0 Å². The number of hydrogen-bond acceptors (Lipinski definition) is 4. The largest absolute Gasteiger partial charge is 0.353 e. The number of nitro groups is 1. The van der Waals surface area contributed by atoms with Crippen molar-refractivity contribution in [2.24, 2.45) is 0 Å². The van der Waals surface area contributed by atoms with E-state index < -0.39 is 4.92 Å². The zero-order chi connectivity index (χ0) is 18.1. The first kappa shape index (κ1) is 18.1. The van der Waals surface area contributed by atoms with E-state index in [4.69, 9.17) is 0 Å². The lowest BCUT2D eigenvalue weighted by Gasteiger charge is -2.05. The first-order valence-electron chi connectivity index (χ1n) is 7.92. The topological polar surface area (TPSA) is 94.2 Å². The number of aryl methyl sites for hydroxylation is 1. The lowest BCUT2D eigenvalue weighted by Crippen LogP contribution is -2.23. The Morgan fingerprint density at radius 3 is 2.64 bits per heavy atom. The van der Waals surface area contributed by atoms with Crippen LogP contribution in [0.3, 0.4) is 0 Å². The van der Waals surface area contributed by atoms with Crippen molar-refractivity contribution in [3.05, 3.63) is 80.8 Å². The molecule has 0 radical (unpaired) electrons. The Morgan fingerprint density at radius 2 is 1.92 bits per heavy atom. The van der Waals surface area contributed by atoms with Crippen LogP contribution in [0.15, 0.2) is 59.5 Å². The van der Waals surface area contributed by atoms with E-state index in [1.807, 2.05) is 30.3 Å². The smallest absolute Gasteiger partial charge is 0.285 e. The van der Waals surface area contributed by atoms with Crippen LogP contribution >= 0.6 is 0 Å². The monoisotopic (exact) mass is 341 g/mol. The number of unbranched alkanes of at least 4 members (excludes halogenated alkanes) is 1. The molecule has 25 heavy (non-hydrogen) atoms. The summed E-state index contributed by atoms with van der Waals surface area (Å²) in [5, 5.41) is 13.5. The molecule has 1 heterocycles. The van der Waals surface area contributed by atoms with Crippen LogP contribution in [-0.4, -0.2) is 21.9 Å². The second kappa shape index (κ2) is 9.17. The summed E-state index contributed by atoms with van der Waals surface area (Å²) in [6, 6.07) is 11.9. The molecule has 0 unspecified atom stereocenters. The zero-order valence-corrected chi connectivity index (χ0v) is 13.6. The molecular weight excluding hydrogens is 322 g/mol. The number of aromatic nitrogens is 1. The molecule has 7 heteroatoms. The molecule has 1 aromatic carbocycles. The van der Waals surface area contributed by atoms with Gasteiger partial charge in [0.15, 0.2) is 0 Å². The van der Waals surface area contributed by atoms with Crippen molar-refractivity contribution >= 4 is 17.7 Å². The summed E-state index contributed by atoms with van der Waals surface area (Å²) in [6.07, 6.45) is 5.74. The van der Waals surface area contributed by atoms with E-state index in [0.29, 0.717) is 25.9 Å². The van der Waals surface area contributed by atoms with Crippen LogP contribution in [0, 0.1) is 10.1 Å². The van der Waals surface area contributed by atoms with Gasteiger partial charge in [0.05, 0.1) is 11.1 Å². The SMILES string of the molecule is O=C(/C=C/c1ccccc1)NCCCCn1cc([N+](=O)[O-])ccc1=O.